The van der Waals surface area contributed by atoms with Crippen LogP contribution in [0.15, 0.2) is 12.1 Å². The van der Waals surface area contributed by atoms with E-state index in [0.717, 1.165) is 23.0 Å². The number of carboxylic acids is 1. The Bertz CT molecular complexity index is 820. The van der Waals surface area contributed by atoms with Gasteiger partial charge in [0.15, 0.2) is 11.5 Å². The molecule has 1 aromatic rings. The molecule has 0 radical (unpaired) electrons. The highest BCUT2D eigenvalue weighted by Crippen LogP contribution is 2.70. The summed E-state index contributed by atoms with van der Waals surface area (Å²) in [5.74, 6) is 3.21. The molecule has 5 unspecified atom stereocenters. The summed E-state index contributed by atoms with van der Waals surface area (Å²) in [7, 11) is 3.17. The van der Waals surface area contributed by atoms with Gasteiger partial charge in [0.25, 0.3) is 0 Å². The van der Waals surface area contributed by atoms with Crippen LogP contribution < -0.4 is 9.47 Å². The minimum absolute atomic E-state index is 0.0802. The third kappa shape index (κ3) is 2.53. The number of carboxylic acid groups (broad SMARTS) is 1. The quantitative estimate of drug-likeness (QED) is 0.843. The summed E-state index contributed by atoms with van der Waals surface area (Å²) >= 11 is 0. The van der Waals surface area contributed by atoms with Gasteiger partial charge in [-0.1, -0.05) is 0 Å². The first-order valence-electron chi connectivity index (χ1n) is 10.3. The van der Waals surface area contributed by atoms with Crippen molar-refractivity contribution in [1.82, 2.24) is 4.90 Å². The maximum absolute atomic E-state index is 13.4. The fourth-order valence-electron chi connectivity index (χ4n) is 6.52. The molecule has 0 saturated heterocycles. The van der Waals surface area contributed by atoms with Crippen molar-refractivity contribution >= 4 is 11.9 Å². The Morgan fingerprint density at radius 2 is 1.75 bits per heavy atom. The molecule has 1 amide bonds. The van der Waals surface area contributed by atoms with E-state index in [-0.39, 0.29) is 18.2 Å². The van der Waals surface area contributed by atoms with Crippen LogP contribution in [0.3, 0.4) is 0 Å². The van der Waals surface area contributed by atoms with Crippen LogP contribution in [-0.4, -0.2) is 42.6 Å². The first kappa shape index (κ1) is 17.8. The number of benzene rings is 1. The molecule has 3 fully saturated rings. The molecule has 3 saturated carbocycles. The Hall–Kier alpha value is -2.24. The summed E-state index contributed by atoms with van der Waals surface area (Å²) in [5.41, 5.74) is 1.93. The first-order chi connectivity index (χ1) is 13.5. The van der Waals surface area contributed by atoms with Gasteiger partial charge in [-0.2, -0.15) is 0 Å². The van der Waals surface area contributed by atoms with E-state index in [1.807, 2.05) is 17.0 Å². The molecule has 28 heavy (non-hydrogen) atoms. The van der Waals surface area contributed by atoms with Crippen LogP contribution in [0.5, 0.6) is 11.5 Å². The van der Waals surface area contributed by atoms with Crippen molar-refractivity contribution in [2.24, 2.45) is 29.6 Å². The molecule has 6 nitrogen and oxygen atoms in total. The zero-order valence-corrected chi connectivity index (χ0v) is 16.4. The summed E-state index contributed by atoms with van der Waals surface area (Å²) in [5, 5.41) is 9.53. The number of rotatable bonds is 5. The highest BCUT2D eigenvalue weighted by atomic mass is 16.5. The Kier molecular flexibility index (Phi) is 4.07. The molecule has 3 aliphatic carbocycles. The minimum atomic E-state index is -0.888. The standard InChI is InChI=1S/C22H27NO5/c1-27-16-8-11-5-6-23(15(10-18(24)25)14(11)9-17(16)28-2)22(26)21-19-12-3-4-13(7-12)20(19)21/h8-9,12-13,15,19-21H,3-7,10H2,1-2H3,(H,24,25). The fourth-order valence-corrected chi connectivity index (χ4v) is 6.52. The van der Waals surface area contributed by atoms with Gasteiger partial charge in [0.05, 0.1) is 26.7 Å². The number of amides is 1. The third-order valence-corrected chi connectivity index (χ3v) is 7.67. The van der Waals surface area contributed by atoms with E-state index < -0.39 is 12.0 Å². The number of hydrogen-bond donors (Lipinski definition) is 1. The summed E-state index contributed by atoms with van der Waals surface area (Å²) in [6.45, 7) is 0.574. The number of ether oxygens (including phenoxy) is 2. The van der Waals surface area contributed by atoms with E-state index in [2.05, 4.69) is 0 Å². The Balaban J connectivity index is 1.46. The number of carbonyl (C=O) groups is 2. The number of fused-ring (bicyclic) bond motifs is 6. The summed E-state index contributed by atoms with van der Waals surface area (Å²) < 4.78 is 10.8. The molecule has 5 atom stereocenters. The van der Waals surface area contributed by atoms with Crippen molar-refractivity contribution in [2.45, 2.75) is 38.1 Å². The third-order valence-electron chi connectivity index (χ3n) is 7.67. The topological polar surface area (TPSA) is 76.1 Å². The molecule has 5 rings (SSSR count). The minimum Gasteiger partial charge on any atom is -0.493 e. The van der Waals surface area contributed by atoms with E-state index >= 15 is 0 Å². The lowest BCUT2D eigenvalue weighted by atomic mass is 9.89. The van der Waals surface area contributed by atoms with Gasteiger partial charge in [-0.25, -0.2) is 0 Å². The van der Waals surface area contributed by atoms with Crippen molar-refractivity contribution < 1.29 is 24.2 Å². The maximum Gasteiger partial charge on any atom is 0.305 e. The molecular weight excluding hydrogens is 358 g/mol. The van der Waals surface area contributed by atoms with Crippen LogP contribution in [0.1, 0.15) is 42.9 Å². The van der Waals surface area contributed by atoms with Crippen LogP contribution >= 0.6 is 0 Å². The van der Waals surface area contributed by atoms with Gasteiger partial charge >= 0.3 is 5.97 Å². The Morgan fingerprint density at radius 1 is 1.11 bits per heavy atom. The summed E-state index contributed by atoms with van der Waals surface area (Å²) in [4.78, 5) is 26.9. The Morgan fingerprint density at radius 3 is 2.36 bits per heavy atom. The van der Waals surface area contributed by atoms with Gasteiger partial charge in [0.2, 0.25) is 5.91 Å². The largest absolute Gasteiger partial charge is 0.493 e. The lowest BCUT2D eigenvalue weighted by Crippen LogP contribution is -2.42. The molecule has 1 aliphatic heterocycles. The normalized spacial score (nSPS) is 34.6. The predicted molar refractivity (Wildman–Crippen MR) is 101 cm³/mol. The molecule has 2 bridgehead atoms. The monoisotopic (exact) mass is 385 g/mol. The van der Waals surface area contributed by atoms with Crippen LogP contribution in [0.4, 0.5) is 0 Å². The predicted octanol–water partition coefficient (Wildman–Crippen LogP) is 2.90. The van der Waals surface area contributed by atoms with Crippen LogP contribution in [0.2, 0.25) is 0 Å². The number of hydrogen-bond acceptors (Lipinski definition) is 4. The zero-order chi connectivity index (χ0) is 19.6. The SMILES string of the molecule is COc1cc2c(cc1OC)C(CC(=O)O)N(C(=O)C1C3C4CCC(C4)C13)CC2. The second-order valence-electron chi connectivity index (χ2n) is 8.81. The first-order valence-corrected chi connectivity index (χ1v) is 10.3. The van der Waals surface area contributed by atoms with Crippen LogP contribution in [-0.2, 0) is 16.0 Å². The van der Waals surface area contributed by atoms with Gasteiger partial charge in [0.1, 0.15) is 0 Å². The van der Waals surface area contributed by atoms with Crippen LogP contribution in [0.25, 0.3) is 0 Å². The average Bonchev–Trinajstić information content (AvgIpc) is 3.12. The van der Waals surface area contributed by atoms with Gasteiger partial charge in [-0.05, 0) is 72.6 Å². The van der Waals surface area contributed by atoms with E-state index in [1.54, 1.807) is 14.2 Å². The highest BCUT2D eigenvalue weighted by Gasteiger charge is 2.68. The number of aliphatic carboxylic acids is 1. The number of carbonyl (C=O) groups excluding carboxylic acids is 1. The average molecular weight is 385 g/mol. The molecule has 1 N–H and O–H groups in total. The van der Waals surface area contributed by atoms with Crippen LogP contribution in [0, 0.1) is 29.6 Å². The lowest BCUT2D eigenvalue weighted by Gasteiger charge is -2.38. The van der Waals surface area contributed by atoms with Gasteiger partial charge < -0.3 is 19.5 Å². The molecule has 6 heteroatoms. The molecule has 0 spiro atoms. The summed E-state index contributed by atoms with van der Waals surface area (Å²) in [6, 6.07) is 3.35. The summed E-state index contributed by atoms with van der Waals surface area (Å²) in [6.07, 6.45) is 4.48. The molecule has 1 heterocycles. The van der Waals surface area contributed by atoms with Gasteiger partial charge in [-0.3, -0.25) is 9.59 Å². The van der Waals surface area contributed by atoms with Gasteiger partial charge in [-0.15, -0.1) is 0 Å². The van der Waals surface area contributed by atoms with Crippen molar-refractivity contribution in [1.29, 1.82) is 0 Å². The molecular formula is C22H27NO5. The molecule has 150 valence electrons. The van der Waals surface area contributed by atoms with E-state index in [9.17, 15) is 14.7 Å². The van der Waals surface area contributed by atoms with E-state index in [1.165, 1.54) is 19.3 Å². The smallest absolute Gasteiger partial charge is 0.305 e. The van der Waals surface area contributed by atoms with Crippen molar-refractivity contribution in [3.05, 3.63) is 23.3 Å². The highest BCUT2D eigenvalue weighted by molar-refractivity contribution is 5.84. The second-order valence-corrected chi connectivity index (χ2v) is 8.81. The van der Waals surface area contributed by atoms with Gasteiger partial charge in [0, 0.05) is 12.5 Å². The zero-order valence-electron chi connectivity index (χ0n) is 16.4. The lowest BCUT2D eigenvalue weighted by molar-refractivity contribution is -0.142. The second kappa shape index (κ2) is 6.39. The maximum atomic E-state index is 13.4. The van der Waals surface area contributed by atoms with Crippen molar-refractivity contribution in [3.8, 4) is 11.5 Å². The Labute approximate surface area is 164 Å². The molecule has 1 aromatic carbocycles. The molecule has 0 aromatic heterocycles. The fraction of sp³-hybridized carbons (Fsp3) is 0.636. The van der Waals surface area contributed by atoms with E-state index in [4.69, 9.17) is 9.47 Å². The number of nitrogens with zero attached hydrogens (tertiary/aromatic N) is 1. The van der Waals surface area contributed by atoms with E-state index in [0.29, 0.717) is 36.3 Å². The molecule has 4 aliphatic rings. The van der Waals surface area contributed by atoms with Crippen molar-refractivity contribution in [3.63, 3.8) is 0 Å². The number of methoxy groups -OCH3 is 2. The van der Waals surface area contributed by atoms with Crippen molar-refractivity contribution in [2.75, 3.05) is 20.8 Å².